The third kappa shape index (κ3) is 3.96. The summed E-state index contributed by atoms with van der Waals surface area (Å²) in [5.74, 6) is 0.0901. The maximum atomic E-state index is 13.3. The Balaban J connectivity index is 1.60. The van der Waals surface area contributed by atoms with Gasteiger partial charge >= 0.3 is 0 Å². The van der Waals surface area contributed by atoms with Crippen LogP contribution in [0.25, 0.3) is 16.3 Å². The standard InChI is InChI=1S/C22H24N4O2S/c1-16(2)21(27)24-10-12-25(13-11-24)22(28)18-15-26(17-7-4-3-5-8-17)23-20(18)19-9-6-14-29-19/h3-9,14-16H,10-13H2,1-2H3. The van der Waals surface area contributed by atoms with Crippen molar-refractivity contribution in [1.29, 1.82) is 0 Å². The van der Waals surface area contributed by atoms with E-state index < -0.39 is 0 Å². The lowest BCUT2D eigenvalue weighted by atomic mass is 10.1. The Labute approximate surface area is 174 Å². The normalized spacial score (nSPS) is 14.4. The van der Waals surface area contributed by atoms with E-state index in [4.69, 9.17) is 5.10 Å². The van der Waals surface area contributed by atoms with Crippen LogP contribution < -0.4 is 0 Å². The number of piperazine rings is 1. The van der Waals surface area contributed by atoms with Crippen molar-refractivity contribution in [3.05, 3.63) is 59.6 Å². The van der Waals surface area contributed by atoms with Crippen LogP contribution in [0, 0.1) is 5.92 Å². The molecule has 4 rings (SSSR count). The van der Waals surface area contributed by atoms with Crippen molar-refractivity contribution in [3.63, 3.8) is 0 Å². The zero-order chi connectivity index (χ0) is 20.4. The minimum Gasteiger partial charge on any atom is -0.339 e. The molecule has 2 aromatic heterocycles. The Bertz CT molecular complexity index is 987. The number of nitrogens with zero attached hydrogens (tertiary/aromatic N) is 4. The number of thiophene rings is 1. The number of carbonyl (C=O) groups excluding carboxylic acids is 2. The van der Waals surface area contributed by atoms with Crippen LogP contribution in [0.3, 0.4) is 0 Å². The van der Waals surface area contributed by atoms with Crippen LogP contribution in [0.2, 0.25) is 0 Å². The molecule has 2 amide bonds. The lowest BCUT2D eigenvalue weighted by Crippen LogP contribution is -2.51. The number of benzene rings is 1. The van der Waals surface area contributed by atoms with Crippen molar-refractivity contribution in [2.45, 2.75) is 13.8 Å². The van der Waals surface area contributed by atoms with E-state index in [0.29, 0.717) is 37.4 Å². The first-order chi connectivity index (χ1) is 14.0. The molecule has 29 heavy (non-hydrogen) atoms. The highest BCUT2D eigenvalue weighted by molar-refractivity contribution is 7.13. The van der Waals surface area contributed by atoms with E-state index in [2.05, 4.69) is 0 Å². The van der Waals surface area contributed by atoms with Gasteiger partial charge in [-0.3, -0.25) is 9.59 Å². The van der Waals surface area contributed by atoms with Crippen molar-refractivity contribution >= 4 is 23.2 Å². The highest BCUT2D eigenvalue weighted by Gasteiger charge is 2.29. The summed E-state index contributed by atoms with van der Waals surface area (Å²) in [6.07, 6.45) is 1.82. The first-order valence-corrected chi connectivity index (χ1v) is 10.7. The molecule has 3 aromatic rings. The molecule has 0 saturated carbocycles. The fourth-order valence-electron chi connectivity index (χ4n) is 3.50. The number of aromatic nitrogens is 2. The van der Waals surface area contributed by atoms with Crippen molar-refractivity contribution in [3.8, 4) is 16.3 Å². The van der Waals surface area contributed by atoms with Crippen molar-refractivity contribution in [2.24, 2.45) is 5.92 Å². The monoisotopic (exact) mass is 408 g/mol. The van der Waals surface area contributed by atoms with Crippen molar-refractivity contribution in [2.75, 3.05) is 26.2 Å². The maximum absolute atomic E-state index is 13.3. The summed E-state index contributed by atoms with van der Waals surface area (Å²) in [5.41, 5.74) is 2.21. The molecule has 0 N–H and O–H groups in total. The van der Waals surface area contributed by atoms with E-state index >= 15 is 0 Å². The Morgan fingerprint density at radius 3 is 2.28 bits per heavy atom. The molecule has 0 bridgehead atoms. The predicted molar refractivity (Wildman–Crippen MR) is 114 cm³/mol. The highest BCUT2D eigenvalue weighted by atomic mass is 32.1. The number of carbonyl (C=O) groups is 2. The Hall–Kier alpha value is -2.93. The van der Waals surface area contributed by atoms with Crippen LogP contribution in [0.5, 0.6) is 0 Å². The molecule has 1 fully saturated rings. The summed E-state index contributed by atoms with van der Waals surface area (Å²) in [5, 5.41) is 6.71. The molecule has 1 aliphatic heterocycles. The SMILES string of the molecule is CC(C)C(=O)N1CCN(C(=O)c2cn(-c3ccccc3)nc2-c2cccs2)CC1. The van der Waals surface area contributed by atoms with E-state index in [1.165, 1.54) is 0 Å². The number of amides is 2. The fourth-order valence-corrected chi connectivity index (χ4v) is 4.23. The van der Waals surface area contributed by atoms with Crippen LogP contribution in [-0.4, -0.2) is 57.6 Å². The van der Waals surface area contributed by atoms with Gasteiger partial charge in [-0.1, -0.05) is 38.1 Å². The fraction of sp³-hybridized carbons (Fsp3) is 0.318. The number of para-hydroxylation sites is 1. The van der Waals surface area contributed by atoms with E-state index in [0.717, 1.165) is 10.6 Å². The second-order valence-electron chi connectivity index (χ2n) is 7.42. The molecule has 0 aliphatic carbocycles. The van der Waals surface area contributed by atoms with Crippen LogP contribution in [0.15, 0.2) is 54.0 Å². The molecule has 7 heteroatoms. The minimum absolute atomic E-state index is 0.0215. The topological polar surface area (TPSA) is 58.4 Å². The predicted octanol–water partition coefficient (Wildman–Crippen LogP) is 3.54. The molecular weight excluding hydrogens is 384 g/mol. The smallest absolute Gasteiger partial charge is 0.257 e. The Morgan fingerprint density at radius 1 is 0.966 bits per heavy atom. The molecule has 150 valence electrons. The van der Waals surface area contributed by atoms with Crippen molar-refractivity contribution < 1.29 is 9.59 Å². The van der Waals surface area contributed by atoms with E-state index in [1.807, 2.05) is 77.7 Å². The molecule has 0 atom stereocenters. The van der Waals surface area contributed by atoms with Gasteiger partial charge in [-0.15, -0.1) is 11.3 Å². The van der Waals surface area contributed by atoms with E-state index in [1.54, 1.807) is 16.0 Å². The molecule has 1 saturated heterocycles. The Kier molecular flexibility index (Phi) is 5.49. The molecular formula is C22H24N4O2S. The van der Waals surface area contributed by atoms with Gasteiger partial charge < -0.3 is 9.80 Å². The molecule has 1 aromatic carbocycles. The second-order valence-corrected chi connectivity index (χ2v) is 8.37. The summed E-state index contributed by atoms with van der Waals surface area (Å²) >= 11 is 1.57. The zero-order valence-electron chi connectivity index (χ0n) is 16.6. The van der Waals surface area contributed by atoms with Crippen LogP contribution in [-0.2, 0) is 4.79 Å². The van der Waals surface area contributed by atoms with Gasteiger partial charge in [0.1, 0.15) is 5.69 Å². The van der Waals surface area contributed by atoms with Crippen molar-refractivity contribution in [1.82, 2.24) is 19.6 Å². The van der Waals surface area contributed by atoms with Crippen LogP contribution >= 0.6 is 11.3 Å². The van der Waals surface area contributed by atoms with Gasteiger partial charge in [0.05, 0.1) is 16.1 Å². The zero-order valence-corrected chi connectivity index (χ0v) is 17.4. The summed E-state index contributed by atoms with van der Waals surface area (Å²) < 4.78 is 1.76. The molecule has 0 radical (unpaired) electrons. The summed E-state index contributed by atoms with van der Waals surface area (Å²) in [6.45, 7) is 6.04. The first kappa shape index (κ1) is 19.4. The third-order valence-corrected chi connectivity index (χ3v) is 5.97. The highest BCUT2D eigenvalue weighted by Crippen LogP contribution is 2.29. The maximum Gasteiger partial charge on any atom is 0.257 e. The van der Waals surface area contributed by atoms with Crippen LogP contribution in [0.4, 0.5) is 0 Å². The van der Waals surface area contributed by atoms with Gasteiger partial charge in [-0.2, -0.15) is 5.10 Å². The van der Waals surface area contributed by atoms with Gasteiger partial charge in [-0.25, -0.2) is 4.68 Å². The average Bonchev–Trinajstić information content (AvgIpc) is 3.43. The van der Waals surface area contributed by atoms with E-state index in [9.17, 15) is 9.59 Å². The lowest BCUT2D eigenvalue weighted by Gasteiger charge is -2.35. The quantitative estimate of drug-likeness (QED) is 0.663. The van der Waals surface area contributed by atoms with Gasteiger partial charge in [0.15, 0.2) is 0 Å². The summed E-state index contributed by atoms with van der Waals surface area (Å²) in [7, 11) is 0. The number of hydrogen-bond acceptors (Lipinski definition) is 4. The molecule has 3 heterocycles. The summed E-state index contributed by atoms with van der Waals surface area (Å²) in [4.78, 5) is 30.2. The minimum atomic E-state index is -0.0350. The molecule has 1 aliphatic rings. The molecule has 0 unspecified atom stereocenters. The summed E-state index contributed by atoms with van der Waals surface area (Å²) in [6, 6.07) is 13.7. The van der Waals surface area contributed by atoms with E-state index in [-0.39, 0.29) is 17.7 Å². The first-order valence-electron chi connectivity index (χ1n) is 9.81. The Morgan fingerprint density at radius 2 is 1.66 bits per heavy atom. The number of hydrogen-bond donors (Lipinski definition) is 0. The van der Waals surface area contributed by atoms with Gasteiger partial charge in [0, 0.05) is 38.3 Å². The van der Waals surface area contributed by atoms with Crippen LogP contribution in [0.1, 0.15) is 24.2 Å². The second kappa shape index (κ2) is 8.21. The van der Waals surface area contributed by atoms with Gasteiger partial charge in [0.2, 0.25) is 5.91 Å². The third-order valence-electron chi connectivity index (χ3n) is 5.09. The number of rotatable bonds is 4. The molecule has 6 nitrogen and oxygen atoms in total. The largest absolute Gasteiger partial charge is 0.339 e. The lowest BCUT2D eigenvalue weighted by molar-refractivity contribution is -0.135. The average molecular weight is 409 g/mol. The molecule has 0 spiro atoms. The van der Waals surface area contributed by atoms with Gasteiger partial charge in [0.25, 0.3) is 5.91 Å². The van der Waals surface area contributed by atoms with Gasteiger partial charge in [-0.05, 0) is 23.6 Å².